The van der Waals surface area contributed by atoms with Crippen molar-refractivity contribution >= 4 is 17.3 Å². The van der Waals surface area contributed by atoms with E-state index >= 15 is 0 Å². The zero-order chi connectivity index (χ0) is 16.4. The van der Waals surface area contributed by atoms with Crippen LogP contribution >= 0.6 is 11.6 Å². The van der Waals surface area contributed by atoms with Gasteiger partial charge in [-0.3, -0.25) is 0 Å². The van der Waals surface area contributed by atoms with Crippen molar-refractivity contribution in [2.45, 2.75) is 32.7 Å². The fourth-order valence-corrected chi connectivity index (χ4v) is 3.65. The second-order valence-electron chi connectivity index (χ2n) is 6.87. The standard InChI is InChI=1S/C20H25ClN2/c1-14-3-4-16(9-15(14)2)10-17-11-19(22)13-23(12-17)20-7-5-18(21)6-8-20/h3-9,17,19H,10-13,22H2,1-2H3. The summed E-state index contributed by atoms with van der Waals surface area (Å²) in [7, 11) is 0. The Morgan fingerprint density at radius 2 is 1.78 bits per heavy atom. The second kappa shape index (κ2) is 6.94. The average molecular weight is 329 g/mol. The molecule has 2 unspecified atom stereocenters. The number of hydrogen-bond donors (Lipinski definition) is 1. The summed E-state index contributed by atoms with van der Waals surface area (Å²) in [5.74, 6) is 0.594. The van der Waals surface area contributed by atoms with E-state index in [0.29, 0.717) is 5.92 Å². The molecule has 2 aromatic rings. The molecule has 0 aromatic heterocycles. The van der Waals surface area contributed by atoms with Crippen LogP contribution in [0.5, 0.6) is 0 Å². The van der Waals surface area contributed by atoms with Gasteiger partial charge in [-0.05, 0) is 73.6 Å². The molecule has 3 rings (SSSR count). The molecule has 0 spiro atoms. The predicted molar refractivity (Wildman–Crippen MR) is 99.4 cm³/mol. The summed E-state index contributed by atoms with van der Waals surface area (Å²) in [5, 5.41) is 0.779. The van der Waals surface area contributed by atoms with Crippen LogP contribution in [0.15, 0.2) is 42.5 Å². The number of aryl methyl sites for hydroxylation is 2. The molecule has 2 nitrogen and oxygen atoms in total. The zero-order valence-electron chi connectivity index (χ0n) is 13.9. The first-order valence-corrected chi connectivity index (χ1v) is 8.71. The Labute approximate surface area is 144 Å². The number of anilines is 1. The third-order valence-electron chi connectivity index (χ3n) is 4.86. The highest BCUT2D eigenvalue weighted by atomic mass is 35.5. The van der Waals surface area contributed by atoms with Crippen LogP contribution in [0.4, 0.5) is 5.69 Å². The summed E-state index contributed by atoms with van der Waals surface area (Å²) in [5.41, 5.74) is 11.7. The molecule has 2 aromatic carbocycles. The molecule has 2 atom stereocenters. The molecule has 3 heteroatoms. The predicted octanol–water partition coefficient (Wildman–Crippen LogP) is 4.35. The first-order valence-electron chi connectivity index (χ1n) is 8.33. The van der Waals surface area contributed by atoms with Crippen molar-refractivity contribution < 1.29 is 0 Å². The number of halogens is 1. The van der Waals surface area contributed by atoms with Gasteiger partial charge in [-0.2, -0.15) is 0 Å². The summed E-state index contributed by atoms with van der Waals surface area (Å²) in [4.78, 5) is 2.40. The van der Waals surface area contributed by atoms with Crippen molar-refractivity contribution in [2.24, 2.45) is 11.7 Å². The third kappa shape index (κ3) is 4.07. The zero-order valence-corrected chi connectivity index (χ0v) is 14.7. The van der Waals surface area contributed by atoms with Crippen LogP contribution in [0, 0.1) is 19.8 Å². The molecule has 0 aliphatic carbocycles. The molecule has 0 radical (unpaired) electrons. The van der Waals surface area contributed by atoms with E-state index in [-0.39, 0.29) is 6.04 Å². The topological polar surface area (TPSA) is 29.3 Å². The van der Waals surface area contributed by atoms with E-state index in [1.807, 2.05) is 12.1 Å². The average Bonchev–Trinajstić information content (AvgIpc) is 2.51. The number of benzene rings is 2. The quantitative estimate of drug-likeness (QED) is 0.907. The van der Waals surface area contributed by atoms with Gasteiger partial charge in [0, 0.05) is 29.8 Å². The summed E-state index contributed by atoms with van der Waals surface area (Å²) >= 11 is 6.00. The Balaban J connectivity index is 1.72. The van der Waals surface area contributed by atoms with Crippen molar-refractivity contribution in [3.8, 4) is 0 Å². The molecule has 23 heavy (non-hydrogen) atoms. The number of piperidine rings is 1. The van der Waals surface area contributed by atoms with Crippen LogP contribution in [-0.2, 0) is 6.42 Å². The largest absolute Gasteiger partial charge is 0.370 e. The molecule has 122 valence electrons. The first-order chi connectivity index (χ1) is 11.0. The first kappa shape index (κ1) is 16.4. The van der Waals surface area contributed by atoms with Gasteiger partial charge in [0.1, 0.15) is 0 Å². The lowest BCUT2D eigenvalue weighted by Gasteiger charge is -2.38. The van der Waals surface area contributed by atoms with E-state index in [4.69, 9.17) is 17.3 Å². The molecule has 0 amide bonds. The third-order valence-corrected chi connectivity index (χ3v) is 5.11. The van der Waals surface area contributed by atoms with Gasteiger partial charge in [0.2, 0.25) is 0 Å². The smallest absolute Gasteiger partial charge is 0.0407 e. The lowest BCUT2D eigenvalue weighted by atomic mass is 9.88. The Kier molecular flexibility index (Phi) is 4.93. The molecule has 1 saturated heterocycles. The molecule has 2 N–H and O–H groups in total. The van der Waals surface area contributed by atoms with Gasteiger partial charge < -0.3 is 10.6 Å². The SMILES string of the molecule is Cc1ccc(CC2CC(N)CN(c3ccc(Cl)cc3)C2)cc1C. The van der Waals surface area contributed by atoms with Gasteiger partial charge in [-0.1, -0.05) is 29.8 Å². The Morgan fingerprint density at radius 1 is 1.04 bits per heavy atom. The van der Waals surface area contributed by atoms with Crippen molar-refractivity contribution in [3.05, 3.63) is 64.2 Å². The summed E-state index contributed by atoms with van der Waals surface area (Å²) in [6.45, 7) is 6.33. The van der Waals surface area contributed by atoms with E-state index in [1.54, 1.807) is 0 Å². The van der Waals surface area contributed by atoms with Crippen LogP contribution in [0.3, 0.4) is 0 Å². The maximum Gasteiger partial charge on any atom is 0.0407 e. The van der Waals surface area contributed by atoms with Gasteiger partial charge in [-0.25, -0.2) is 0 Å². The van der Waals surface area contributed by atoms with Crippen LogP contribution < -0.4 is 10.6 Å². The number of nitrogens with zero attached hydrogens (tertiary/aromatic N) is 1. The number of rotatable bonds is 3. The van der Waals surface area contributed by atoms with Crippen LogP contribution in [0.25, 0.3) is 0 Å². The summed E-state index contributed by atoms with van der Waals surface area (Å²) in [6.07, 6.45) is 2.19. The van der Waals surface area contributed by atoms with E-state index < -0.39 is 0 Å². The van der Waals surface area contributed by atoms with E-state index in [1.165, 1.54) is 22.4 Å². The van der Waals surface area contributed by atoms with Gasteiger partial charge in [0.25, 0.3) is 0 Å². The van der Waals surface area contributed by atoms with Crippen LogP contribution in [-0.4, -0.2) is 19.1 Å². The fraction of sp³-hybridized carbons (Fsp3) is 0.400. The highest BCUT2D eigenvalue weighted by Crippen LogP contribution is 2.26. The molecule has 1 fully saturated rings. The van der Waals surface area contributed by atoms with Crippen LogP contribution in [0.1, 0.15) is 23.1 Å². The molecular weight excluding hydrogens is 304 g/mol. The molecule has 1 heterocycles. The van der Waals surface area contributed by atoms with Crippen molar-refractivity contribution in [1.29, 1.82) is 0 Å². The van der Waals surface area contributed by atoms with E-state index in [0.717, 1.165) is 31.0 Å². The summed E-state index contributed by atoms with van der Waals surface area (Å²) in [6, 6.07) is 15.1. The minimum absolute atomic E-state index is 0.232. The fourth-order valence-electron chi connectivity index (χ4n) is 3.52. The van der Waals surface area contributed by atoms with Crippen molar-refractivity contribution in [2.75, 3.05) is 18.0 Å². The van der Waals surface area contributed by atoms with Gasteiger partial charge >= 0.3 is 0 Å². The lowest BCUT2D eigenvalue weighted by Crippen LogP contribution is -2.47. The highest BCUT2D eigenvalue weighted by molar-refractivity contribution is 6.30. The number of nitrogens with two attached hydrogens (primary N) is 1. The molecule has 1 aliphatic heterocycles. The molecule has 0 bridgehead atoms. The normalized spacial score (nSPS) is 21.5. The van der Waals surface area contributed by atoms with Gasteiger partial charge in [0.15, 0.2) is 0 Å². The second-order valence-corrected chi connectivity index (χ2v) is 7.30. The minimum Gasteiger partial charge on any atom is -0.370 e. The molecule has 1 aliphatic rings. The highest BCUT2D eigenvalue weighted by Gasteiger charge is 2.25. The van der Waals surface area contributed by atoms with Crippen molar-refractivity contribution in [1.82, 2.24) is 0 Å². The Hall–Kier alpha value is -1.51. The summed E-state index contributed by atoms with van der Waals surface area (Å²) < 4.78 is 0. The van der Waals surface area contributed by atoms with E-state index in [9.17, 15) is 0 Å². The Bertz CT molecular complexity index is 666. The van der Waals surface area contributed by atoms with Crippen LogP contribution in [0.2, 0.25) is 5.02 Å². The van der Waals surface area contributed by atoms with Crippen molar-refractivity contribution in [3.63, 3.8) is 0 Å². The number of hydrogen-bond acceptors (Lipinski definition) is 2. The van der Waals surface area contributed by atoms with E-state index in [2.05, 4.69) is 49.1 Å². The maximum atomic E-state index is 6.32. The lowest BCUT2D eigenvalue weighted by molar-refractivity contribution is 0.374. The minimum atomic E-state index is 0.232. The molecule has 0 saturated carbocycles. The van der Waals surface area contributed by atoms with Gasteiger partial charge in [0.05, 0.1) is 0 Å². The van der Waals surface area contributed by atoms with Gasteiger partial charge in [-0.15, -0.1) is 0 Å². The Morgan fingerprint density at radius 3 is 2.48 bits per heavy atom. The maximum absolute atomic E-state index is 6.32. The monoisotopic (exact) mass is 328 g/mol. The molecular formula is C20H25ClN2.